The van der Waals surface area contributed by atoms with Crippen LogP contribution in [0, 0.1) is 0 Å². The second-order valence-corrected chi connectivity index (χ2v) is 6.33. The summed E-state index contributed by atoms with van der Waals surface area (Å²) in [7, 11) is 3.74. The molecule has 1 aliphatic rings. The Morgan fingerprint density at radius 3 is 3.08 bits per heavy atom. The number of amides is 1. The van der Waals surface area contributed by atoms with Crippen LogP contribution in [0.3, 0.4) is 0 Å². The molecule has 2 aromatic rings. The largest absolute Gasteiger partial charge is 0.383 e. The van der Waals surface area contributed by atoms with Crippen LogP contribution in [-0.4, -0.2) is 54.8 Å². The number of rotatable bonds is 6. The van der Waals surface area contributed by atoms with Crippen molar-refractivity contribution < 1.29 is 9.53 Å². The lowest BCUT2D eigenvalue weighted by molar-refractivity contribution is -0.117. The number of ether oxygens (including phenoxy) is 1. The summed E-state index contributed by atoms with van der Waals surface area (Å²) in [5.41, 5.74) is 2.23. The zero-order valence-corrected chi connectivity index (χ0v) is 14.4. The molecule has 1 N–H and O–H groups in total. The quantitative estimate of drug-likeness (QED) is 0.826. The van der Waals surface area contributed by atoms with Crippen molar-refractivity contribution in [2.45, 2.75) is 12.5 Å². The SMILES string of the molecule is COCCN1CC[C@@H](NC(=O)/C=C/c2cn(C)c3ccccc23)C1. The first kappa shape index (κ1) is 16.7. The number of methoxy groups -OCH3 is 1. The maximum Gasteiger partial charge on any atom is 0.244 e. The van der Waals surface area contributed by atoms with Gasteiger partial charge in [0, 0.05) is 68.6 Å². The van der Waals surface area contributed by atoms with Crippen molar-refractivity contribution in [2.75, 3.05) is 33.4 Å². The van der Waals surface area contributed by atoms with Gasteiger partial charge in [0.15, 0.2) is 0 Å². The summed E-state index contributed by atoms with van der Waals surface area (Å²) in [4.78, 5) is 14.5. The Hall–Kier alpha value is -2.11. The number of carbonyl (C=O) groups excluding carboxylic acids is 1. The fourth-order valence-corrected chi connectivity index (χ4v) is 3.29. The molecular weight excluding hydrogens is 302 g/mol. The molecule has 0 spiro atoms. The van der Waals surface area contributed by atoms with Gasteiger partial charge in [-0.15, -0.1) is 0 Å². The Balaban J connectivity index is 1.58. The zero-order chi connectivity index (χ0) is 16.9. The van der Waals surface area contributed by atoms with Crippen molar-refractivity contribution in [3.8, 4) is 0 Å². The molecule has 1 aromatic heterocycles. The van der Waals surface area contributed by atoms with E-state index in [1.165, 1.54) is 5.52 Å². The topological polar surface area (TPSA) is 46.5 Å². The molecule has 1 amide bonds. The third-order valence-electron chi connectivity index (χ3n) is 4.57. The van der Waals surface area contributed by atoms with Gasteiger partial charge < -0.3 is 14.6 Å². The first-order valence-corrected chi connectivity index (χ1v) is 8.41. The van der Waals surface area contributed by atoms with Crippen LogP contribution in [-0.2, 0) is 16.6 Å². The van der Waals surface area contributed by atoms with Gasteiger partial charge in [0.2, 0.25) is 5.91 Å². The van der Waals surface area contributed by atoms with Crippen molar-refractivity contribution in [1.82, 2.24) is 14.8 Å². The fourth-order valence-electron chi connectivity index (χ4n) is 3.29. The van der Waals surface area contributed by atoms with E-state index in [-0.39, 0.29) is 11.9 Å². The number of aryl methyl sites for hydroxylation is 1. The highest BCUT2D eigenvalue weighted by Crippen LogP contribution is 2.21. The van der Waals surface area contributed by atoms with Crippen LogP contribution in [0.25, 0.3) is 17.0 Å². The molecule has 24 heavy (non-hydrogen) atoms. The van der Waals surface area contributed by atoms with Crippen LogP contribution in [0.1, 0.15) is 12.0 Å². The van der Waals surface area contributed by atoms with Crippen LogP contribution >= 0.6 is 0 Å². The molecule has 5 heteroatoms. The average molecular weight is 327 g/mol. The predicted octanol–water partition coefficient (Wildman–Crippen LogP) is 2.03. The predicted molar refractivity (Wildman–Crippen MR) is 96.8 cm³/mol. The number of nitrogens with one attached hydrogen (secondary N) is 1. The molecule has 1 saturated heterocycles. The summed E-state index contributed by atoms with van der Waals surface area (Å²) in [5.74, 6) is -0.0264. The van der Waals surface area contributed by atoms with E-state index < -0.39 is 0 Å². The zero-order valence-electron chi connectivity index (χ0n) is 14.4. The maximum absolute atomic E-state index is 12.2. The van der Waals surface area contributed by atoms with E-state index >= 15 is 0 Å². The highest BCUT2D eigenvalue weighted by Gasteiger charge is 2.22. The number of para-hydroxylation sites is 1. The van der Waals surface area contributed by atoms with Crippen molar-refractivity contribution >= 4 is 22.9 Å². The monoisotopic (exact) mass is 327 g/mol. The van der Waals surface area contributed by atoms with Crippen LogP contribution in [0.15, 0.2) is 36.5 Å². The van der Waals surface area contributed by atoms with Crippen molar-refractivity contribution in [3.63, 3.8) is 0 Å². The van der Waals surface area contributed by atoms with Gasteiger partial charge in [-0.3, -0.25) is 9.69 Å². The molecule has 3 rings (SSSR count). The third kappa shape index (κ3) is 3.86. The Kier molecular flexibility index (Phi) is 5.33. The summed E-state index contributed by atoms with van der Waals surface area (Å²) in [5, 5.41) is 4.26. The third-order valence-corrected chi connectivity index (χ3v) is 4.57. The summed E-state index contributed by atoms with van der Waals surface area (Å²) in [6.45, 7) is 3.58. The molecule has 1 aromatic carbocycles. The number of nitrogens with zero attached hydrogens (tertiary/aromatic N) is 2. The van der Waals surface area contributed by atoms with Gasteiger partial charge in [0.05, 0.1) is 6.61 Å². The molecule has 0 unspecified atom stereocenters. The fraction of sp³-hybridized carbons (Fsp3) is 0.421. The van der Waals surface area contributed by atoms with Crippen molar-refractivity contribution in [1.29, 1.82) is 0 Å². The molecule has 1 atom stereocenters. The van der Waals surface area contributed by atoms with Gasteiger partial charge in [-0.25, -0.2) is 0 Å². The Labute approximate surface area is 142 Å². The molecule has 2 heterocycles. The van der Waals surface area contributed by atoms with E-state index in [4.69, 9.17) is 4.74 Å². The molecular formula is C19H25N3O2. The van der Waals surface area contributed by atoms with Crippen molar-refractivity contribution in [2.24, 2.45) is 7.05 Å². The van der Waals surface area contributed by atoms with Gasteiger partial charge in [-0.1, -0.05) is 18.2 Å². The van der Waals surface area contributed by atoms with E-state index in [1.54, 1.807) is 13.2 Å². The lowest BCUT2D eigenvalue weighted by atomic mass is 10.1. The van der Waals surface area contributed by atoms with Crippen LogP contribution in [0.2, 0.25) is 0 Å². The van der Waals surface area contributed by atoms with Gasteiger partial charge in [0.1, 0.15) is 0 Å². The second-order valence-electron chi connectivity index (χ2n) is 6.33. The van der Waals surface area contributed by atoms with Gasteiger partial charge in [-0.2, -0.15) is 0 Å². The minimum Gasteiger partial charge on any atom is -0.383 e. The van der Waals surface area contributed by atoms with Crippen LogP contribution in [0.5, 0.6) is 0 Å². The summed E-state index contributed by atoms with van der Waals surface area (Å²) in [6, 6.07) is 8.44. The van der Waals surface area contributed by atoms with Crippen molar-refractivity contribution in [3.05, 3.63) is 42.1 Å². The Bertz CT molecular complexity index is 735. The lowest BCUT2D eigenvalue weighted by Crippen LogP contribution is -2.36. The van der Waals surface area contributed by atoms with Crippen LogP contribution < -0.4 is 5.32 Å². The normalized spacial score (nSPS) is 18.7. The maximum atomic E-state index is 12.2. The minimum atomic E-state index is -0.0264. The lowest BCUT2D eigenvalue weighted by Gasteiger charge is -2.15. The number of benzene rings is 1. The van der Waals surface area contributed by atoms with Gasteiger partial charge in [-0.05, 0) is 18.6 Å². The first-order valence-electron chi connectivity index (χ1n) is 8.41. The highest BCUT2D eigenvalue weighted by molar-refractivity contribution is 5.96. The van der Waals surface area contributed by atoms with E-state index in [0.717, 1.165) is 43.6 Å². The van der Waals surface area contributed by atoms with Gasteiger partial charge in [0.25, 0.3) is 0 Å². The first-order chi connectivity index (χ1) is 11.7. The second kappa shape index (κ2) is 7.64. The molecule has 1 aliphatic heterocycles. The average Bonchev–Trinajstić information content (AvgIpc) is 3.16. The molecule has 1 fully saturated rings. The standard InChI is InChI=1S/C19H25N3O2/c1-21-13-15(17-5-3-4-6-18(17)21)7-8-19(23)20-16-9-10-22(14-16)11-12-24-2/h3-8,13,16H,9-12,14H2,1-2H3,(H,20,23)/b8-7+/t16-/m1/s1. The molecule has 0 radical (unpaired) electrons. The smallest absolute Gasteiger partial charge is 0.244 e. The molecule has 0 aliphatic carbocycles. The van der Waals surface area contributed by atoms with E-state index in [0.29, 0.717) is 0 Å². The number of aromatic nitrogens is 1. The Morgan fingerprint density at radius 1 is 1.42 bits per heavy atom. The van der Waals surface area contributed by atoms with E-state index in [2.05, 4.69) is 33.1 Å². The summed E-state index contributed by atoms with van der Waals surface area (Å²) in [6.07, 6.45) is 6.59. The number of hydrogen-bond acceptors (Lipinski definition) is 3. The summed E-state index contributed by atoms with van der Waals surface area (Å²) >= 11 is 0. The van der Waals surface area contributed by atoms with E-state index in [1.807, 2.05) is 25.3 Å². The number of likely N-dealkylation sites (tertiary alicyclic amines) is 1. The molecule has 5 nitrogen and oxygen atoms in total. The number of fused-ring (bicyclic) bond motifs is 1. The number of carbonyl (C=O) groups is 1. The molecule has 0 bridgehead atoms. The Morgan fingerprint density at radius 2 is 2.25 bits per heavy atom. The van der Waals surface area contributed by atoms with Gasteiger partial charge >= 0.3 is 0 Å². The molecule has 0 saturated carbocycles. The minimum absolute atomic E-state index is 0.0264. The molecule has 128 valence electrons. The van der Waals surface area contributed by atoms with Crippen LogP contribution in [0.4, 0.5) is 0 Å². The summed E-state index contributed by atoms with van der Waals surface area (Å²) < 4.78 is 7.18. The number of hydrogen-bond donors (Lipinski definition) is 1. The highest BCUT2D eigenvalue weighted by atomic mass is 16.5. The van der Waals surface area contributed by atoms with E-state index in [9.17, 15) is 4.79 Å².